The highest BCUT2D eigenvalue weighted by Gasteiger charge is 2.19. The smallest absolute Gasteiger partial charge is 0.267 e. The molecule has 0 aliphatic carbocycles. The summed E-state index contributed by atoms with van der Waals surface area (Å²) in [5.41, 5.74) is -0.365. The van der Waals surface area contributed by atoms with E-state index in [0.717, 1.165) is 0 Å². The summed E-state index contributed by atoms with van der Waals surface area (Å²) in [4.78, 5) is 14.1. The number of nitrogens with two attached hydrogens (primary N) is 1. The average Bonchev–Trinajstić information content (AvgIpc) is 2.75. The van der Waals surface area contributed by atoms with E-state index < -0.39 is 21.5 Å². The Morgan fingerprint density at radius 2 is 2.17 bits per heavy atom. The van der Waals surface area contributed by atoms with Crippen molar-refractivity contribution in [3.8, 4) is 0 Å². The van der Waals surface area contributed by atoms with Crippen LogP contribution in [0.15, 0.2) is 17.2 Å². The number of rotatable bonds is 5. The largest absolute Gasteiger partial charge is 0.377 e. The van der Waals surface area contributed by atoms with Crippen LogP contribution in [0.25, 0.3) is 0 Å². The van der Waals surface area contributed by atoms with Gasteiger partial charge in [0.25, 0.3) is 5.91 Å². The van der Waals surface area contributed by atoms with Crippen molar-refractivity contribution in [1.82, 2.24) is 10.3 Å². The normalized spacial score (nSPS) is 12.4. The van der Waals surface area contributed by atoms with Crippen LogP contribution in [-0.2, 0) is 14.8 Å². The van der Waals surface area contributed by atoms with Crippen molar-refractivity contribution < 1.29 is 17.9 Å². The van der Waals surface area contributed by atoms with E-state index in [9.17, 15) is 13.2 Å². The number of ether oxygens (including phenoxy) is 1. The second-order valence-corrected chi connectivity index (χ2v) is 6.00. The number of sulfonamides is 1. The van der Waals surface area contributed by atoms with Crippen molar-refractivity contribution in [2.24, 2.45) is 5.14 Å². The summed E-state index contributed by atoms with van der Waals surface area (Å²) in [6.07, 6.45) is 1.17. The zero-order valence-corrected chi connectivity index (χ0v) is 11.3. The first-order valence-corrected chi connectivity index (χ1v) is 6.75. The van der Waals surface area contributed by atoms with Crippen LogP contribution in [0.1, 0.15) is 24.3 Å². The lowest BCUT2D eigenvalue weighted by atomic mass is 10.1. The lowest BCUT2D eigenvalue weighted by Gasteiger charge is -2.22. The van der Waals surface area contributed by atoms with E-state index in [0.29, 0.717) is 6.54 Å². The fraction of sp³-hybridized carbons (Fsp3) is 0.500. The van der Waals surface area contributed by atoms with Gasteiger partial charge in [0, 0.05) is 19.9 Å². The summed E-state index contributed by atoms with van der Waals surface area (Å²) in [5, 5.41) is 7.56. The third-order valence-corrected chi connectivity index (χ3v) is 3.35. The van der Waals surface area contributed by atoms with E-state index in [1.165, 1.54) is 12.3 Å². The molecule has 0 aliphatic heterocycles. The molecule has 8 heteroatoms. The van der Waals surface area contributed by atoms with Gasteiger partial charge < -0.3 is 15.0 Å². The topological polar surface area (TPSA) is 114 Å². The molecule has 4 N–H and O–H groups in total. The molecule has 1 aromatic rings. The quantitative estimate of drug-likeness (QED) is 0.691. The van der Waals surface area contributed by atoms with Gasteiger partial charge in [-0.1, -0.05) is 0 Å². The van der Waals surface area contributed by atoms with E-state index in [2.05, 4.69) is 10.3 Å². The van der Waals surface area contributed by atoms with Gasteiger partial charge in [0.15, 0.2) is 0 Å². The molecule has 0 radical (unpaired) electrons. The molecule has 1 heterocycles. The molecular weight excluding hydrogens is 258 g/mol. The number of hydrogen-bond acceptors (Lipinski definition) is 4. The zero-order chi connectivity index (χ0) is 14.0. The van der Waals surface area contributed by atoms with Gasteiger partial charge in [-0.3, -0.25) is 4.79 Å². The number of methoxy groups -OCH3 is 1. The maximum atomic E-state index is 11.7. The van der Waals surface area contributed by atoms with Crippen molar-refractivity contribution in [3.63, 3.8) is 0 Å². The Labute approximate surface area is 106 Å². The Morgan fingerprint density at radius 1 is 1.56 bits per heavy atom. The van der Waals surface area contributed by atoms with E-state index >= 15 is 0 Å². The molecule has 0 atom stereocenters. The van der Waals surface area contributed by atoms with Gasteiger partial charge in [-0.25, -0.2) is 13.6 Å². The van der Waals surface area contributed by atoms with Crippen molar-refractivity contribution >= 4 is 15.9 Å². The van der Waals surface area contributed by atoms with Gasteiger partial charge in [0.05, 0.1) is 10.5 Å². The molecule has 0 aromatic carbocycles. The molecule has 0 unspecified atom stereocenters. The van der Waals surface area contributed by atoms with Crippen LogP contribution in [-0.4, -0.2) is 38.6 Å². The molecule has 0 fully saturated rings. The van der Waals surface area contributed by atoms with Crippen LogP contribution in [0.4, 0.5) is 0 Å². The highest BCUT2D eigenvalue weighted by Crippen LogP contribution is 2.09. The minimum Gasteiger partial charge on any atom is -0.377 e. The van der Waals surface area contributed by atoms with Gasteiger partial charge >= 0.3 is 0 Å². The van der Waals surface area contributed by atoms with Crippen molar-refractivity contribution in [2.75, 3.05) is 13.7 Å². The molecule has 18 heavy (non-hydrogen) atoms. The number of nitrogens with one attached hydrogen (secondary N) is 2. The van der Waals surface area contributed by atoms with Crippen molar-refractivity contribution in [3.05, 3.63) is 18.0 Å². The summed E-state index contributed by atoms with van der Waals surface area (Å²) in [5.74, 6) is -0.421. The fourth-order valence-corrected chi connectivity index (χ4v) is 1.64. The lowest BCUT2D eigenvalue weighted by molar-refractivity contribution is 0.0228. The third-order valence-electron chi connectivity index (χ3n) is 2.46. The Balaban J connectivity index is 2.72. The number of H-pyrrole nitrogens is 1. The summed E-state index contributed by atoms with van der Waals surface area (Å²) < 4.78 is 27.2. The predicted octanol–water partition coefficient (Wildman–Crippen LogP) is -0.183. The second-order valence-electron chi connectivity index (χ2n) is 4.44. The van der Waals surface area contributed by atoms with Crippen molar-refractivity contribution in [2.45, 2.75) is 24.3 Å². The number of carbonyl (C=O) groups is 1. The molecule has 0 saturated carbocycles. The number of aromatic nitrogens is 1. The van der Waals surface area contributed by atoms with E-state index in [-0.39, 0.29) is 10.6 Å². The number of aromatic amines is 1. The standard InChI is InChI=1S/C10H17N3O4S/c1-10(2,17-3)6-13-9(14)8-4-7(5-12-8)18(11,15)16/h4-5,12H,6H2,1-3H3,(H,13,14)(H2,11,15,16). The monoisotopic (exact) mass is 275 g/mol. The van der Waals surface area contributed by atoms with Crippen LogP contribution in [0.2, 0.25) is 0 Å². The van der Waals surface area contributed by atoms with Crippen molar-refractivity contribution in [1.29, 1.82) is 0 Å². The summed E-state index contributed by atoms with van der Waals surface area (Å²) in [6, 6.07) is 1.18. The Kier molecular flexibility index (Phi) is 4.15. The minimum atomic E-state index is -3.80. The second kappa shape index (κ2) is 5.09. The molecule has 1 aromatic heterocycles. The highest BCUT2D eigenvalue weighted by atomic mass is 32.2. The van der Waals surface area contributed by atoms with Crippen LogP contribution in [0.5, 0.6) is 0 Å². The summed E-state index contributed by atoms with van der Waals surface area (Å²) in [7, 11) is -2.26. The van der Waals surface area contributed by atoms with Crippen LogP contribution in [0.3, 0.4) is 0 Å². The number of amides is 1. The van der Waals surface area contributed by atoms with E-state index in [1.54, 1.807) is 7.11 Å². The maximum absolute atomic E-state index is 11.7. The first-order valence-electron chi connectivity index (χ1n) is 5.20. The molecule has 0 spiro atoms. The summed E-state index contributed by atoms with van der Waals surface area (Å²) >= 11 is 0. The maximum Gasteiger partial charge on any atom is 0.267 e. The lowest BCUT2D eigenvalue weighted by Crippen LogP contribution is -2.39. The minimum absolute atomic E-state index is 0.126. The van der Waals surface area contributed by atoms with Crippen LogP contribution < -0.4 is 10.5 Å². The molecular formula is C10H17N3O4S. The number of hydrogen-bond donors (Lipinski definition) is 3. The molecule has 102 valence electrons. The highest BCUT2D eigenvalue weighted by molar-refractivity contribution is 7.89. The van der Waals surface area contributed by atoms with E-state index in [4.69, 9.17) is 9.88 Å². The third kappa shape index (κ3) is 3.83. The van der Waals surface area contributed by atoms with Gasteiger partial charge in [-0.15, -0.1) is 0 Å². The van der Waals surface area contributed by atoms with Crippen LogP contribution >= 0.6 is 0 Å². The number of primary sulfonamides is 1. The SMILES string of the molecule is COC(C)(C)CNC(=O)c1cc(S(N)(=O)=O)c[nH]1. The molecule has 0 saturated heterocycles. The first kappa shape index (κ1) is 14.7. The van der Waals surface area contributed by atoms with Gasteiger partial charge in [0.1, 0.15) is 5.69 Å². The fourth-order valence-electron chi connectivity index (χ4n) is 1.13. The molecule has 1 amide bonds. The first-order chi connectivity index (χ1) is 8.15. The molecule has 0 bridgehead atoms. The molecule has 1 rings (SSSR count). The van der Waals surface area contributed by atoms with Gasteiger partial charge in [-0.2, -0.15) is 0 Å². The Bertz CT molecular complexity index is 533. The predicted molar refractivity (Wildman–Crippen MR) is 65.6 cm³/mol. The van der Waals surface area contributed by atoms with E-state index in [1.807, 2.05) is 13.8 Å². The summed E-state index contributed by atoms with van der Waals surface area (Å²) in [6.45, 7) is 3.93. The Morgan fingerprint density at radius 3 is 2.61 bits per heavy atom. The Hall–Kier alpha value is -1.38. The average molecular weight is 275 g/mol. The van der Waals surface area contributed by atoms with Gasteiger partial charge in [0.2, 0.25) is 10.0 Å². The number of carbonyl (C=O) groups excluding carboxylic acids is 1. The van der Waals surface area contributed by atoms with Gasteiger partial charge in [-0.05, 0) is 19.9 Å². The van der Waals surface area contributed by atoms with Crippen LogP contribution in [0, 0.1) is 0 Å². The zero-order valence-electron chi connectivity index (χ0n) is 10.5. The molecule has 7 nitrogen and oxygen atoms in total. The molecule has 0 aliphatic rings.